The van der Waals surface area contributed by atoms with Gasteiger partial charge in [0.05, 0.1) is 6.61 Å². The second-order valence-electron chi connectivity index (χ2n) is 4.98. The van der Waals surface area contributed by atoms with Gasteiger partial charge in [0.25, 0.3) is 0 Å². The molecule has 0 saturated carbocycles. The van der Waals surface area contributed by atoms with Crippen molar-refractivity contribution in [2.24, 2.45) is 0 Å². The van der Waals surface area contributed by atoms with Crippen molar-refractivity contribution in [3.63, 3.8) is 0 Å². The number of carbonyl (C=O) groups is 2. The van der Waals surface area contributed by atoms with Crippen LogP contribution in [0.1, 0.15) is 40.5 Å². The average molecular weight is 282 g/mol. The van der Waals surface area contributed by atoms with Crippen LogP contribution in [0.25, 0.3) is 0 Å². The fourth-order valence-electron chi connectivity index (χ4n) is 1.19. The molecule has 0 amide bonds. The number of esters is 2. The molecule has 0 radical (unpaired) electrons. The van der Waals surface area contributed by atoms with Gasteiger partial charge in [-0.2, -0.15) is 8.78 Å². The Bertz CT molecular complexity index is 323. The second kappa shape index (κ2) is 6.79. The zero-order chi connectivity index (χ0) is 15.3. The molecule has 0 fully saturated rings. The van der Waals surface area contributed by atoms with Gasteiger partial charge in [0.1, 0.15) is 11.7 Å². The van der Waals surface area contributed by atoms with Crippen molar-refractivity contribution in [3.8, 4) is 0 Å². The smallest absolute Gasteiger partial charge is 0.379 e. The number of halogens is 2. The Morgan fingerprint density at radius 3 is 2.21 bits per heavy atom. The van der Waals surface area contributed by atoms with Crippen LogP contribution in [-0.2, 0) is 19.1 Å². The van der Waals surface area contributed by atoms with Crippen molar-refractivity contribution in [2.75, 3.05) is 6.61 Å². The predicted octanol–water partition coefficient (Wildman–Crippen LogP) is 1.67. The Morgan fingerprint density at radius 1 is 1.26 bits per heavy atom. The van der Waals surface area contributed by atoms with E-state index in [0.717, 1.165) is 0 Å². The van der Waals surface area contributed by atoms with E-state index in [1.807, 2.05) is 0 Å². The van der Waals surface area contributed by atoms with Crippen molar-refractivity contribution < 1.29 is 33.0 Å². The molecule has 1 atom stereocenters. The number of aliphatic hydroxyl groups is 1. The van der Waals surface area contributed by atoms with Gasteiger partial charge in [-0.3, -0.25) is 4.79 Å². The molecule has 112 valence electrons. The van der Waals surface area contributed by atoms with E-state index in [2.05, 4.69) is 4.74 Å². The molecule has 0 spiro atoms. The lowest BCUT2D eigenvalue weighted by Gasteiger charge is -2.22. The van der Waals surface area contributed by atoms with Crippen molar-refractivity contribution in [1.82, 2.24) is 0 Å². The van der Waals surface area contributed by atoms with E-state index < -0.39 is 42.4 Å². The first-order chi connectivity index (χ1) is 8.50. The quantitative estimate of drug-likeness (QED) is 0.750. The van der Waals surface area contributed by atoms with Gasteiger partial charge in [-0.15, -0.1) is 0 Å². The number of hydrogen-bond donors (Lipinski definition) is 1. The highest BCUT2D eigenvalue weighted by Crippen LogP contribution is 2.24. The lowest BCUT2D eigenvalue weighted by molar-refractivity contribution is -0.189. The van der Waals surface area contributed by atoms with Crippen molar-refractivity contribution in [2.45, 2.75) is 58.2 Å². The van der Waals surface area contributed by atoms with Crippen LogP contribution in [0.3, 0.4) is 0 Å². The Morgan fingerprint density at radius 2 is 1.79 bits per heavy atom. The zero-order valence-electron chi connectivity index (χ0n) is 11.5. The first-order valence-electron chi connectivity index (χ1n) is 5.95. The summed E-state index contributed by atoms with van der Waals surface area (Å²) in [6.45, 7) is 6.06. The Hall–Kier alpha value is -1.24. The molecular formula is C12H20F2O5. The third kappa shape index (κ3) is 6.47. The van der Waals surface area contributed by atoms with Crippen molar-refractivity contribution >= 4 is 11.9 Å². The lowest BCUT2D eigenvalue weighted by Crippen LogP contribution is -2.43. The second-order valence-corrected chi connectivity index (χ2v) is 4.98. The van der Waals surface area contributed by atoms with Crippen LogP contribution in [0.5, 0.6) is 0 Å². The van der Waals surface area contributed by atoms with Gasteiger partial charge in [-0.1, -0.05) is 0 Å². The van der Waals surface area contributed by atoms with Crippen LogP contribution in [0.4, 0.5) is 8.78 Å². The summed E-state index contributed by atoms with van der Waals surface area (Å²) in [6, 6.07) is 0. The van der Waals surface area contributed by atoms with E-state index in [9.17, 15) is 23.5 Å². The van der Waals surface area contributed by atoms with Crippen molar-refractivity contribution in [1.29, 1.82) is 0 Å². The summed E-state index contributed by atoms with van der Waals surface area (Å²) in [5, 5.41) is 9.26. The monoisotopic (exact) mass is 282 g/mol. The normalized spacial score (nSPS) is 13.8. The molecule has 0 aliphatic rings. The number of hydrogen-bond acceptors (Lipinski definition) is 5. The van der Waals surface area contributed by atoms with Crippen LogP contribution in [-0.4, -0.2) is 41.3 Å². The van der Waals surface area contributed by atoms with Gasteiger partial charge >= 0.3 is 17.9 Å². The van der Waals surface area contributed by atoms with Gasteiger partial charge < -0.3 is 14.6 Å². The van der Waals surface area contributed by atoms with E-state index in [1.54, 1.807) is 20.8 Å². The maximum atomic E-state index is 13.3. The van der Waals surface area contributed by atoms with Gasteiger partial charge in [-0.05, 0) is 34.1 Å². The minimum Gasteiger partial charge on any atom is -0.461 e. The first kappa shape index (κ1) is 17.8. The molecule has 0 saturated heterocycles. The Balaban J connectivity index is 4.34. The predicted molar refractivity (Wildman–Crippen MR) is 62.7 cm³/mol. The third-order valence-electron chi connectivity index (χ3n) is 2.01. The van der Waals surface area contributed by atoms with Crippen LogP contribution in [0.2, 0.25) is 0 Å². The van der Waals surface area contributed by atoms with Crippen LogP contribution >= 0.6 is 0 Å². The lowest BCUT2D eigenvalue weighted by atomic mass is 10.1. The standard InChI is InChI=1S/C12H20F2O5/c1-5-18-10(17)12(13,14)8(15)6-7-9(16)19-11(2,3)4/h8,15H,5-7H2,1-4H3. The maximum Gasteiger partial charge on any atom is 0.379 e. The minimum atomic E-state index is -4.03. The minimum absolute atomic E-state index is 0.215. The van der Waals surface area contributed by atoms with Gasteiger partial charge in [0.2, 0.25) is 0 Å². The number of ether oxygens (including phenoxy) is 2. The number of alkyl halides is 2. The molecule has 1 N–H and O–H groups in total. The topological polar surface area (TPSA) is 72.8 Å². The Labute approximate surface area is 110 Å². The summed E-state index contributed by atoms with van der Waals surface area (Å²) < 4.78 is 35.7. The van der Waals surface area contributed by atoms with E-state index in [1.165, 1.54) is 6.92 Å². The molecule has 0 aliphatic carbocycles. The molecule has 1 unspecified atom stereocenters. The highest BCUT2D eigenvalue weighted by Gasteiger charge is 2.48. The summed E-state index contributed by atoms with van der Waals surface area (Å²) in [5.74, 6) is -6.55. The summed E-state index contributed by atoms with van der Waals surface area (Å²) in [7, 11) is 0. The highest BCUT2D eigenvalue weighted by atomic mass is 19.3. The molecule has 7 heteroatoms. The molecule has 0 aliphatic heterocycles. The SMILES string of the molecule is CCOC(=O)C(F)(F)C(O)CCC(=O)OC(C)(C)C. The number of rotatable bonds is 6. The van der Waals surface area contributed by atoms with Crippen molar-refractivity contribution in [3.05, 3.63) is 0 Å². The first-order valence-corrected chi connectivity index (χ1v) is 5.95. The van der Waals surface area contributed by atoms with Gasteiger partial charge in [-0.25, -0.2) is 4.79 Å². The van der Waals surface area contributed by atoms with Gasteiger partial charge in [0.15, 0.2) is 0 Å². The van der Waals surface area contributed by atoms with Crippen LogP contribution in [0.15, 0.2) is 0 Å². The van der Waals surface area contributed by atoms with E-state index >= 15 is 0 Å². The molecule has 0 rings (SSSR count). The van der Waals surface area contributed by atoms with E-state index in [0.29, 0.717) is 0 Å². The fourth-order valence-corrected chi connectivity index (χ4v) is 1.19. The molecule has 0 aromatic heterocycles. The summed E-state index contributed by atoms with van der Waals surface area (Å²) in [4.78, 5) is 22.2. The summed E-state index contributed by atoms with van der Waals surface area (Å²) >= 11 is 0. The van der Waals surface area contributed by atoms with Crippen LogP contribution < -0.4 is 0 Å². The van der Waals surface area contributed by atoms with Crippen LogP contribution in [0, 0.1) is 0 Å². The third-order valence-corrected chi connectivity index (χ3v) is 2.01. The maximum absolute atomic E-state index is 13.3. The molecule has 0 aromatic carbocycles. The molecule has 0 heterocycles. The summed E-state index contributed by atoms with van der Waals surface area (Å²) in [6.07, 6.45) is -3.27. The zero-order valence-corrected chi connectivity index (χ0v) is 11.5. The summed E-state index contributed by atoms with van der Waals surface area (Å²) in [5.41, 5.74) is -0.730. The number of carbonyl (C=O) groups excluding carboxylic acids is 2. The van der Waals surface area contributed by atoms with E-state index in [-0.39, 0.29) is 6.61 Å². The fraction of sp³-hybridized carbons (Fsp3) is 0.833. The number of aliphatic hydroxyl groups excluding tert-OH is 1. The molecule has 19 heavy (non-hydrogen) atoms. The molecular weight excluding hydrogens is 262 g/mol. The molecule has 5 nitrogen and oxygen atoms in total. The molecule has 0 aromatic rings. The average Bonchev–Trinajstić information content (AvgIpc) is 2.23. The Kier molecular flexibility index (Phi) is 6.35. The van der Waals surface area contributed by atoms with Gasteiger partial charge in [0, 0.05) is 6.42 Å². The highest BCUT2D eigenvalue weighted by molar-refractivity contribution is 5.78. The van der Waals surface area contributed by atoms with E-state index in [4.69, 9.17) is 4.74 Å². The molecule has 0 bridgehead atoms. The largest absolute Gasteiger partial charge is 0.461 e.